The second-order valence-corrected chi connectivity index (χ2v) is 29.6. The first-order valence-corrected chi connectivity index (χ1v) is 22.1. The molecule has 0 saturated heterocycles. The Morgan fingerprint density at radius 2 is 1.67 bits per heavy atom. The molecule has 0 amide bonds. The van der Waals surface area contributed by atoms with Crippen LogP contribution in [0.3, 0.4) is 0 Å². The first kappa shape index (κ1) is 18.7. The average molecular weight is 409 g/mol. The van der Waals surface area contributed by atoms with Crippen molar-refractivity contribution in [2.45, 2.75) is 51.4 Å². The third-order valence-corrected chi connectivity index (χ3v) is 8.84. The molecule has 0 N–H and O–H groups in total. The van der Waals surface area contributed by atoms with Crippen LogP contribution in [0.5, 0.6) is 0 Å². The summed E-state index contributed by atoms with van der Waals surface area (Å²) in [5.41, 5.74) is 2.23. The number of carbonyl (C=O) groups is 1. The molecular formula is C18H30OSiSn. The Morgan fingerprint density at radius 3 is 2.14 bits per heavy atom. The van der Waals surface area contributed by atoms with Gasteiger partial charge >= 0.3 is 136 Å². The van der Waals surface area contributed by atoms with E-state index in [0.29, 0.717) is 6.42 Å². The predicted octanol–water partition coefficient (Wildman–Crippen LogP) is 5.86. The molecule has 0 aliphatic rings. The zero-order valence-corrected chi connectivity index (χ0v) is 18.3. The number of allylic oxidation sites excluding steroid dienone is 2. The van der Waals surface area contributed by atoms with Crippen molar-refractivity contribution in [3.8, 4) is 0 Å². The molecule has 3 heteroatoms. The molecule has 1 aromatic rings. The van der Waals surface area contributed by atoms with E-state index in [1.165, 1.54) is 10.0 Å². The van der Waals surface area contributed by atoms with Gasteiger partial charge in [-0.2, -0.15) is 0 Å². The molecule has 1 rings (SSSR count). The molecule has 21 heavy (non-hydrogen) atoms. The molecule has 116 valence electrons. The molecule has 0 heterocycles. The molecule has 0 fully saturated rings. The minimum atomic E-state index is -1.80. The Hall–Kier alpha value is -0.354. The van der Waals surface area contributed by atoms with Gasteiger partial charge in [0, 0.05) is 0 Å². The van der Waals surface area contributed by atoms with Gasteiger partial charge in [-0.1, -0.05) is 0 Å². The molecule has 0 atom stereocenters. The summed E-state index contributed by atoms with van der Waals surface area (Å²) in [4.78, 5) is 19.8. The van der Waals surface area contributed by atoms with Crippen molar-refractivity contribution in [3.63, 3.8) is 0 Å². The van der Waals surface area contributed by atoms with Gasteiger partial charge in [0.25, 0.3) is 0 Å². The number of rotatable bonds is 7. The Morgan fingerprint density at radius 1 is 1.10 bits per heavy atom. The summed E-state index contributed by atoms with van der Waals surface area (Å²) in [6.45, 7) is 7.15. The molecule has 0 aromatic heterocycles. The zero-order chi connectivity index (χ0) is 16.1. The van der Waals surface area contributed by atoms with Crippen LogP contribution in [-0.4, -0.2) is 32.2 Å². The summed E-state index contributed by atoms with van der Waals surface area (Å²) >= 11 is -1.80. The summed E-state index contributed by atoms with van der Waals surface area (Å²) in [5.74, 6) is 0.268. The number of hydrogen-bond donors (Lipinski definition) is 0. The van der Waals surface area contributed by atoms with Crippen molar-refractivity contribution in [1.82, 2.24) is 0 Å². The quantitative estimate of drug-likeness (QED) is 0.313. The van der Waals surface area contributed by atoms with E-state index in [2.05, 4.69) is 40.5 Å². The van der Waals surface area contributed by atoms with Gasteiger partial charge in [0.2, 0.25) is 0 Å². The van der Waals surface area contributed by atoms with Crippen LogP contribution in [0.2, 0.25) is 44.9 Å². The van der Waals surface area contributed by atoms with Gasteiger partial charge in [-0.05, 0) is 0 Å². The summed E-state index contributed by atoms with van der Waals surface area (Å²) < 4.78 is 1.25. The number of Topliss-reactive ketones (excluding diaryl/α,β-unsaturated/α-hetero) is 1. The standard InChI is InChI=1S/C15H21OSi.3CH3.Sn/c1-5-13(12-17(2,3)4)11-15(16)14-9-7-6-8-10-14;;;;/h5-10H,1,11-12H2,2-4H3;3*1H3;/b13-5-;;;;. The van der Waals surface area contributed by atoms with Gasteiger partial charge in [0.15, 0.2) is 0 Å². The van der Waals surface area contributed by atoms with E-state index in [1.54, 1.807) is 0 Å². The Kier molecular flexibility index (Phi) is 6.92. The summed E-state index contributed by atoms with van der Waals surface area (Å²) in [7, 11) is -1.18. The van der Waals surface area contributed by atoms with Crippen LogP contribution in [0.25, 0.3) is 0 Å². The van der Waals surface area contributed by atoms with Gasteiger partial charge in [-0.15, -0.1) is 0 Å². The molecule has 0 bridgehead atoms. The molecule has 0 aliphatic carbocycles. The van der Waals surface area contributed by atoms with Crippen molar-refractivity contribution in [2.24, 2.45) is 0 Å². The van der Waals surface area contributed by atoms with E-state index < -0.39 is 26.5 Å². The predicted molar refractivity (Wildman–Crippen MR) is 99.8 cm³/mol. The van der Waals surface area contributed by atoms with E-state index in [1.807, 2.05) is 30.3 Å². The van der Waals surface area contributed by atoms with E-state index in [4.69, 9.17) is 0 Å². The topological polar surface area (TPSA) is 17.1 Å². The summed E-state index contributed by atoms with van der Waals surface area (Å²) in [6.07, 6.45) is 3.02. The van der Waals surface area contributed by atoms with Crippen LogP contribution < -0.4 is 0 Å². The molecule has 0 saturated carbocycles. The maximum absolute atomic E-state index is 12.5. The van der Waals surface area contributed by atoms with Crippen molar-refractivity contribution < 1.29 is 4.79 Å². The Balaban J connectivity index is 2.85. The van der Waals surface area contributed by atoms with Crippen molar-refractivity contribution >= 4 is 32.2 Å². The van der Waals surface area contributed by atoms with Gasteiger partial charge in [-0.3, -0.25) is 0 Å². The normalized spacial score (nSPS) is 13.3. The zero-order valence-electron chi connectivity index (χ0n) is 14.5. The summed E-state index contributed by atoms with van der Waals surface area (Å²) in [5, 5.41) is 0. The van der Waals surface area contributed by atoms with Crippen molar-refractivity contribution in [1.29, 1.82) is 0 Å². The van der Waals surface area contributed by atoms with Gasteiger partial charge in [0.05, 0.1) is 0 Å². The molecule has 0 spiro atoms. The number of benzene rings is 1. The van der Waals surface area contributed by atoms with Crippen LogP contribution in [0.15, 0.2) is 42.0 Å². The van der Waals surface area contributed by atoms with Crippen molar-refractivity contribution in [2.75, 3.05) is 0 Å². The van der Waals surface area contributed by atoms with Gasteiger partial charge in [-0.25, -0.2) is 0 Å². The van der Waals surface area contributed by atoms with Crippen molar-refractivity contribution in [3.05, 3.63) is 47.5 Å². The van der Waals surface area contributed by atoms with Crippen LogP contribution in [0.1, 0.15) is 16.8 Å². The second-order valence-electron chi connectivity index (χ2n) is 8.33. The van der Waals surface area contributed by atoms with Crippen LogP contribution in [0, 0.1) is 0 Å². The monoisotopic (exact) mass is 410 g/mol. The first-order chi connectivity index (χ1) is 9.57. The van der Waals surface area contributed by atoms with Crippen LogP contribution in [-0.2, 0) is 0 Å². The third-order valence-electron chi connectivity index (χ3n) is 3.24. The van der Waals surface area contributed by atoms with Crippen LogP contribution >= 0.6 is 0 Å². The van der Waals surface area contributed by atoms with Crippen LogP contribution in [0.4, 0.5) is 0 Å². The molecular weight excluding hydrogens is 379 g/mol. The van der Waals surface area contributed by atoms with Gasteiger partial charge in [0.1, 0.15) is 0 Å². The number of hydrogen-bond acceptors (Lipinski definition) is 1. The van der Waals surface area contributed by atoms with E-state index in [0.717, 1.165) is 11.6 Å². The molecule has 0 radical (unpaired) electrons. The minimum absolute atomic E-state index is 0.268. The fourth-order valence-corrected chi connectivity index (χ4v) is 6.47. The number of carbonyl (C=O) groups excluding carboxylic acids is 1. The first-order valence-electron chi connectivity index (χ1n) is 7.83. The summed E-state index contributed by atoms with van der Waals surface area (Å²) in [6, 6.07) is 10.9. The molecule has 1 nitrogen and oxygen atoms in total. The van der Waals surface area contributed by atoms with E-state index in [-0.39, 0.29) is 5.78 Å². The SMILES string of the molecule is C[Si](C)(C)C/C(=C\[CH2][Sn]([CH3])([CH3])[CH3])CC(=O)c1ccccc1. The fraction of sp³-hybridized carbons (Fsp3) is 0.500. The molecule has 0 unspecified atom stereocenters. The average Bonchev–Trinajstić information content (AvgIpc) is 2.34. The van der Waals surface area contributed by atoms with Gasteiger partial charge < -0.3 is 0 Å². The second kappa shape index (κ2) is 7.77. The molecule has 0 aliphatic heterocycles. The van der Waals surface area contributed by atoms with E-state index >= 15 is 0 Å². The number of ketones is 1. The fourth-order valence-electron chi connectivity index (χ4n) is 2.27. The van der Waals surface area contributed by atoms with E-state index in [9.17, 15) is 4.79 Å². The third kappa shape index (κ3) is 8.62. The molecule has 1 aromatic carbocycles. The maximum atomic E-state index is 12.5. The Labute approximate surface area is 135 Å². The Bertz CT molecular complexity index is 492.